The third kappa shape index (κ3) is 2.86. The van der Waals surface area contributed by atoms with E-state index < -0.39 is 5.97 Å². The highest BCUT2D eigenvalue weighted by Gasteiger charge is 2.07. The number of benzene rings is 1. The van der Waals surface area contributed by atoms with Gasteiger partial charge in [-0.3, -0.25) is 0 Å². The summed E-state index contributed by atoms with van der Waals surface area (Å²) >= 11 is 8.69. The van der Waals surface area contributed by atoms with Crippen molar-refractivity contribution in [3.63, 3.8) is 0 Å². The summed E-state index contributed by atoms with van der Waals surface area (Å²) < 4.78 is 0.748. The second kappa shape index (κ2) is 5.17. The molecule has 0 aliphatic heterocycles. The van der Waals surface area contributed by atoms with E-state index in [-0.39, 0.29) is 5.56 Å². The van der Waals surface area contributed by atoms with Gasteiger partial charge in [-0.1, -0.05) is 34.1 Å². The van der Waals surface area contributed by atoms with E-state index in [1.165, 1.54) is 0 Å². The lowest BCUT2D eigenvalue weighted by atomic mass is 10.1. The second-order valence-electron chi connectivity index (χ2n) is 2.59. The summed E-state index contributed by atoms with van der Waals surface area (Å²) in [6.07, 6.45) is 3.40. The van der Waals surface area contributed by atoms with Crippen LogP contribution in [0.3, 0.4) is 0 Å². The van der Waals surface area contributed by atoms with Gasteiger partial charge in [0.1, 0.15) is 0 Å². The lowest BCUT2D eigenvalue weighted by Gasteiger charge is -2.01. The Morgan fingerprint density at radius 2 is 2.29 bits per heavy atom. The molecule has 0 spiro atoms. The van der Waals surface area contributed by atoms with Gasteiger partial charge in [0.25, 0.3) is 0 Å². The molecule has 1 N–H and O–H groups in total. The fourth-order valence-electron chi connectivity index (χ4n) is 1.03. The van der Waals surface area contributed by atoms with Crippen LogP contribution in [0.15, 0.2) is 28.7 Å². The molecule has 0 bridgehead atoms. The average molecular weight is 276 g/mol. The van der Waals surface area contributed by atoms with Crippen molar-refractivity contribution in [1.29, 1.82) is 0 Å². The van der Waals surface area contributed by atoms with E-state index in [1.54, 1.807) is 30.4 Å². The molecule has 0 radical (unpaired) electrons. The molecular weight excluding hydrogens is 267 g/mol. The van der Waals surface area contributed by atoms with E-state index in [1.807, 2.05) is 0 Å². The van der Waals surface area contributed by atoms with Crippen molar-refractivity contribution in [2.45, 2.75) is 0 Å². The predicted octanol–water partition coefficient (Wildman–Crippen LogP) is 3.40. The number of carboxylic acid groups (broad SMARTS) is 1. The Kier molecular flexibility index (Phi) is 4.17. The molecule has 14 heavy (non-hydrogen) atoms. The largest absolute Gasteiger partial charge is 0.478 e. The lowest BCUT2D eigenvalue weighted by molar-refractivity contribution is 0.0696. The van der Waals surface area contributed by atoms with E-state index >= 15 is 0 Å². The van der Waals surface area contributed by atoms with Crippen molar-refractivity contribution < 1.29 is 9.90 Å². The third-order valence-electron chi connectivity index (χ3n) is 1.63. The number of hydrogen-bond acceptors (Lipinski definition) is 1. The van der Waals surface area contributed by atoms with E-state index in [4.69, 9.17) is 16.7 Å². The highest BCUT2D eigenvalue weighted by Crippen LogP contribution is 2.18. The Hall–Kier alpha value is -0.800. The number of carboxylic acids is 1. The van der Waals surface area contributed by atoms with Crippen LogP contribution in [0.2, 0.25) is 0 Å². The lowest BCUT2D eigenvalue weighted by Crippen LogP contribution is -1.99. The number of hydrogen-bond donors (Lipinski definition) is 1. The van der Waals surface area contributed by atoms with Crippen LogP contribution in [-0.4, -0.2) is 17.0 Å². The molecule has 0 aliphatic carbocycles. The monoisotopic (exact) mass is 274 g/mol. The van der Waals surface area contributed by atoms with Crippen LogP contribution in [0.25, 0.3) is 6.08 Å². The zero-order valence-corrected chi connectivity index (χ0v) is 9.55. The van der Waals surface area contributed by atoms with Crippen LogP contribution in [0.1, 0.15) is 15.9 Å². The standard InChI is InChI=1S/C10H8BrClO2/c11-8-4-3-7(2-1-5-12)9(6-8)10(13)14/h1-4,6H,5H2,(H,13,14). The molecule has 1 aromatic carbocycles. The molecule has 1 aromatic rings. The van der Waals surface area contributed by atoms with Crippen molar-refractivity contribution in [3.05, 3.63) is 39.9 Å². The Bertz CT molecular complexity index is 374. The molecule has 0 unspecified atom stereocenters. The van der Waals surface area contributed by atoms with Crippen LogP contribution in [-0.2, 0) is 0 Å². The van der Waals surface area contributed by atoms with Gasteiger partial charge in [0, 0.05) is 10.4 Å². The van der Waals surface area contributed by atoms with Gasteiger partial charge in [0.05, 0.1) is 5.56 Å². The molecule has 4 heteroatoms. The van der Waals surface area contributed by atoms with Crippen LogP contribution in [0.4, 0.5) is 0 Å². The van der Waals surface area contributed by atoms with Gasteiger partial charge in [0.2, 0.25) is 0 Å². The fraction of sp³-hybridized carbons (Fsp3) is 0.100. The molecule has 0 saturated heterocycles. The Morgan fingerprint density at radius 3 is 2.86 bits per heavy atom. The molecule has 0 atom stereocenters. The third-order valence-corrected chi connectivity index (χ3v) is 2.30. The first-order chi connectivity index (χ1) is 6.65. The van der Waals surface area contributed by atoms with Crippen LogP contribution in [0.5, 0.6) is 0 Å². The second-order valence-corrected chi connectivity index (χ2v) is 3.82. The molecule has 0 saturated carbocycles. The van der Waals surface area contributed by atoms with Gasteiger partial charge < -0.3 is 5.11 Å². The number of alkyl halides is 1. The van der Waals surface area contributed by atoms with Gasteiger partial charge in [-0.25, -0.2) is 4.79 Å². The SMILES string of the molecule is O=C(O)c1cc(Br)ccc1C=CCCl. The molecular formula is C10H8BrClO2. The first-order valence-corrected chi connectivity index (χ1v) is 5.23. The van der Waals surface area contributed by atoms with Crippen molar-refractivity contribution >= 4 is 39.6 Å². The minimum atomic E-state index is -0.944. The van der Waals surface area contributed by atoms with E-state index in [0.717, 1.165) is 4.47 Å². The van der Waals surface area contributed by atoms with Crippen LogP contribution in [0, 0.1) is 0 Å². The van der Waals surface area contributed by atoms with E-state index in [2.05, 4.69) is 15.9 Å². The molecule has 74 valence electrons. The van der Waals surface area contributed by atoms with Gasteiger partial charge in [-0.15, -0.1) is 11.6 Å². The smallest absolute Gasteiger partial charge is 0.336 e. The van der Waals surface area contributed by atoms with Crippen molar-refractivity contribution in [2.75, 3.05) is 5.88 Å². The van der Waals surface area contributed by atoms with Crippen molar-refractivity contribution in [3.8, 4) is 0 Å². The fourth-order valence-corrected chi connectivity index (χ4v) is 1.48. The molecule has 0 aliphatic rings. The van der Waals surface area contributed by atoms with Gasteiger partial charge in [-0.05, 0) is 17.7 Å². The number of halogens is 2. The first-order valence-electron chi connectivity index (χ1n) is 3.90. The van der Waals surface area contributed by atoms with Gasteiger partial charge in [-0.2, -0.15) is 0 Å². The quantitative estimate of drug-likeness (QED) is 0.859. The zero-order chi connectivity index (χ0) is 10.6. The molecule has 0 amide bonds. The Balaban J connectivity index is 3.15. The topological polar surface area (TPSA) is 37.3 Å². The van der Waals surface area contributed by atoms with Crippen molar-refractivity contribution in [2.24, 2.45) is 0 Å². The molecule has 2 nitrogen and oxygen atoms in total. The predicted molar refractivity (Wildman–Crippen MR) is 60.9 cm³/mol. The minimum Gasteiger partial charge on any atom is -0.478 e. The van der Waals surface area contributed by atoms with E-state index in [0.29, 0.717) is 11.4 Å². The summed E-state index contributed by atoms with van der Waals surface area (Å²) in [5.41, 5.74) is 0.919. The van der Waals surface area contributed by atoms with Crippen LogP contribution >= 0.6 is 27.5 Å². The highest BCUT2D eigenvalue weighted by atomic mass is 79.9. The minimum absolute atomic E-state index is 0.265. The molecule has 1 rings (SSSR count). The first kappa shape index (κ1) is 11.3. The summed E-state index contributed by atoms with van der Waals surface area (Å²) in [7, 11) is 0. The van der Waals surface area contributed by atoms with Crippen molar-refractivity contribution in [1.82, 2.24) is 0 Å². The maximum absolute atomic E-state index is 10.8. The normalized spacial score (nSPS) is 10.7. The maximum Gasteiger partial charge on any atom is 0.336 e. The Labute approximate surface area is 95.3 Å². The molecule has 0 aromatic heterocycles. The summed E-state index contributed by atoms with van der Waals surface area (Å²) in [5.74, 6) is -0.574. The van der Waals surface area contributed by atoms with Gasteiger partial charge in [0.15, 0.2) is 0 Å². The number of allylic oxidation sites excluding steroid dienone is 1. The number of rotatable bonds is 3. The molecule has 0 heterocycles. The summed E-state index contributed by atoms with van der Waals surface area (Å²) in [5, 5.41) is 8.90. The summed E-state index contributed by atoms with van der Waals surface area (Å²) in [6, 6.07) is 5.09. The summed E-state index contributed by atoms with van der Waals surface area (Å²) in [4.78, 5) is 10.8. The van der Waals surface area contributed by atoms with Gasteiger partial charge >= 0.3 is 5.97 Å². The Morgan fingerprint density at radius 1 is 1.57 bits per heavy atom. The number of carbonyl (C=O) groups is 1. The van der Waals surface area contributed by atoms with E-state index in [9.17, 15) is 4.79 Å². The molecule has 0 fully saturated rings. The highest BCUT2D eigenvalue weighted by molar-refractivity contribution is 9.10. The zero-order valence-electron chi connectivity index (χ0n) is 7.21. The van der Waals surface area contributed by atoms with Crippen LogP contribution < -0.4 is 0 Å². The average Bonchev–Trinajstić information content (AvgIpc) is 2.15. The number of aromatic carboxylic acids is 1. The summed E-state index contributed by atoms with van der Waals surface area (Å²) in [6.45, 7) is 0. The maximum atomic E-state index is 10.8.